The number of nitrogens with zero attached hydrogens (tertiary/aromatic N) is 1. The Bertz CT molecular complexity index is 1240. The number of hydrogen-bond acceptors (Lipinski definition) is 3. The van der Waals surface area contributed by atoms with E-state index in [0.29, 0.717) is 17.0 Å². The summed E-state index contributed by atoms with van der Waals surface area (Å²) in [7, 11) is 0. The molecular weight excluding hydrogens is 515 g/mol. The van der Waals surface area contributed by atoms with Gasteiger partial charge in [0.1, 0.15) is 23.4 Å². The summed E-state index contributed by atoms with van der Waals surface area (Å²) < 4.78 is 33.4. The zero-order valence-electron chi connectivity index (χ0n) is 20.7. The highest BCUT2D eigenvalue weighted by atomic mass is 35.5. The lowest BCUT2D eigenvalue weighted by Crippen LogP contribution is -2.26. The monoisotopic (exact) mass is 545 g/mol. The first-order valence-electron chi connectivity index (χ1n) is 12.9. The van der Waals surface area contributed by atoms with Crippen molar-refractivity contribution in [2.45, 2.75) is 50.0 Å². The number of likely N-dealkylation sites (tertiary alicyclic amines) is 1. The number of phenolic OH excluding ortho intramolecular Hbond substituents is 1. The summed E-state index contributed by atoms with van der Waals surface area (Å²) in [6.07, 6.45) is 5.69. The summed E-state index contributed by atoms with van der Waals surface area (Å²) in [4.78, 5) is 2.24. The van der Waals surface area contributed by atoms with Gasteiger partial charge in [0.15, 0.2) is 0 Å². The Morgan fingerprint density at radius 1 is 1.11 bits per heavy atom. The Morgan fingerprint density at radius 3 is 2.70 bits per heavy atom. The van der Waals surface area contributed by atoms with Gasteiger partial charge in [-0.2, -0.15) is 0 Å². The number of aryl methyl sites for hydroxylation is 1. The summed E-state index contributed by atoms with van der Waals surface area (Å²) in [5, 5.41) is 9.96. The minimum Gasteiger partial charge on any atom is -0.508 e. The van der Waals surface area contributed by atoms with Gasteiger partial charge >= 0.3 is 0 Å². The fraction of sp³-hybridized carbons (Fsp3) is 0.400. The molecule has 3 nitrogen and oxygen atoms in total. The highest BCUT2D eigenvalue weighted by Crippen LogP contribution is 2.44. The molecule has 2 aliphatic carbocycles. The second-order valence-corrected chi connectivity index (χ2v) is 10.9. The average Bonchev–Trinajstić information content (AvgIpc) is 3.24. The van der Waals surface area contributed by atoms with E-state index in [9.17, 15) is 13.9 Å². The van der Waals surface area contributed by atoms with E-state index in [1.807, 2.05) is 36.4 Å². The molecule has 0 saturated carbocycles. The molecule has 0 radical (unpaired) electrons. The number of allylic oxidation sites excluding steroid dienone is 5. The number of benzene rings is 2. The molecule has 196 valence electrons. The zero-order valence-corrected chi connectivity index (χ0v) is 22.2. The van der Waals surface area contributed by atoms with E-state index in [4.69, 9.17) is 27.9 Å². The first kappa shape index (κ1) is 26.3. The van der Waals surface area contributed by atoms with Crippen LogP contribution in [0.2, 0.25) is 0 Å². The van der Waals surface area contributed by atoms with Crippen LogP contribution in [0.5, 0.6) is 11.5 Å². The molecule has 0 spiro atoms. The van der Waals surface area contributed by atoms with Crippen molar-refractivity contribution in [2.75, 3.05) is 26.3 Å². The van der Waals surface area contributed by atoms with Crippen LogP contribution >= 0.6 is 23.2 Å². The molecule has 1 fully saturated rings. The lowest BCUT2D eigenvalue weighted by molar-refractivity contribution is 0.198. The molecule has 0 amide bonds. The highest BCUT2D eigenvalue weighted by Gasteiger charge is 2.28. The number of rotatable bonds is 7. The Labute approximate surface area is 227 Å². The van der Waals surface area contributed by atoms with Gasteiger partial charge in [-0.15, -0.1) is 11.6 Å². The summed E-state index contributed by atoms with van der Waals surface area (Å²) in [5.74, 6) is 0.644. The number of alkyl halides is 2. The van der Waals surface area contributed by atoms with Gasteiger partial charge < -0.3 is 9.84 Å². The van der Waals surface area contributed by atoms with E-state index in [-0.39, 0.29) is 30.8 Å². The van der Waals surface area contributed by atoms with Crippen molar-refractivity contribution in [3.05, 3.63) is 87.2 Å². The molecule has 1 saturated heterocycles. The normalized spacial score (nSPS) is 22.6. The van der Waals surface area contributed by atoms with Gasteiger partial charge in [0.25, 0.3) is 0 Å². The number of phenols is 1. The predicted octanol–water partition coefficient (Wildman–Crippen LogP) is 7.70. The van der Waals surface area contributed by atoms with Crippen molar-refractivity contribution in [3.8, 4) is 11.5 Å². The van der Waals surface area contributed by atoms with Gasteiger partial charge in [-0.1, -0.05) is 29.8 Å². The van der Waals surface area contributed by atoms with Gasteiger partial charge in [-0.3, -0.25) is 9.29 Å². The van der Waals surface area contributed by atoms with Crippen molar-refractivity contribution in [3.63, 3.8) is 0 Å². The van der Waals surface area contributed by atoms with Gasteiger partial charge in [-0.25, -0.2) is 4.39 Å². The molecule has 1 unspecified atom stereocenters. The number of hydrogen-bond donors (Lipinski definition) is 1. The Balaban J connectivity index is 1.49. The van der Waals surface area contributed by atoms with E-state index in [2.05, 4.69) is 4.90 Å². The van der Waals surface area contributed by atoms with Crippen molar-refractivity contribution >= 4 is 28.8 Å². The summed E-state index contributed by atoms with van der Waals surface area (Å²) in [5.41, 5.74) is 5.72. The summed E-state index contributed by atoms with van der Waals surface area (Å²) >= 11 is 12.8. The highest BCUT2D eigenvalue weighted by molar-refractivity contribution is 6.32. The van der Waals surface area contributed by atoms with E-state index in [1.165, 1.54) is 6.08 Å². The van der Waals surface area contributed by atoms with E-state index < -0.39 is 5.38 Å². The lowest BCUT2D eigenvalue weighted by Gasteiger charge is -2.22. The van der Waals surface area contributed by atoms with Crippen LogP contribution in [-0.4, -0.2) is 47.8 Å². The Hall–Kier alpha value is -2.34. The van der Waals surface area contributed by atoms with Crippen LogP contribution in [0, 0.1) is 0 Å². The zero-order chi connectivity index (χ0) is 25.9. The second kappa shape index (κ2) is 11.6. The standard InChI is InChI=1S/C30H31Cl2F2NO2/c31-27-17-28(32)29(34)16-26(27)25-4-1-3-20-15-21(36)7-10-24(20)30(25)19-5-8-22(9-6-19)37-23-11-14-35(18-23)13-2-12-33/h5-10,15-16,23,28,36H,1-4,11-14,17-18H2/t23-,28?/m0/s1. The average molecular weight is 546 g/mol. The molecule has 0 bridgehead atoms. The Morgan fingerprint density at radius 2 is 1.92 bits per heavy atom. The molecule has 1 N–H and O–H groups in total. The largest absolute Gasteiger partial charge is 0.508 e. The fourth-order valence-corrected chi connectivity index (χ4v) is 6.19. The van der Waals surface area contributed by atoms with Gasteiger partial charge in [0.05, 0.1) is 12.1 Å². The minimum atomic E-state index is -0.741. The molecule has 1 heterocycles. The SMILES string of the molecule is Oc1ccc2c(c1)CCCC(C1=C(Cl)CC(Cl)C(F)=C1)=C2c1ccc(O[C@H]2CCN(CCCF)C2)cc1. The van der Waals surface area contributed by atoms with E-state index in [1.54, 1.807) is 6.07 Å². The lowest BCUT2D eigenvalue weighted by atomic mass is 9.86. The number of fused-ring (bicyclic) bond motifs is 1. The minimum absolute atomic E-state index is 0.0876. The van der Waals surface area contributed by atoms with Crippen LogP contribution in [-0.2, 0) is 6.42 Å². The van der Waals surface area contributed by atoms with Crippen LogP contribution in [0.4, 0.5) is 8.78 Å². The van der Waals surface area contributed by atoms with E-state index in [0.717, 1.165) is 78.9 Å². The molecule has 1 aliphatic heterocycles. The maximum absolute atomic E-state index is 14.6. The van der Waals surface area contributed by atoms with Crippen molar-refractivity contribution in [1.82, 2.24) is 4.90 Å². The van der Waals surface area contributed by atoms with Gasteiger partial charge in [0.2, 0.25) is 0 Å². The van der Waals surface area contributed by atoms with Gasteiger partial charge in [0, 0.05) is 31.1 Å². The molecule has 37 heavy (non-hydrogen) atoms. The molecule has 5 rings (SSSR count). The van der Waals surface area contributed by atoms with Crippen LogP contribution < -0.4 is 4.74 Å². The molecular formula is C30H31Cl2F2NO2. The maximum Gasteiger partial charge on any atom is 0.119 e. The van der Waals surface area contributed by atoms with Crippen molar-refractivity contribution in [1.29, 1.82) is 0 Å². The molecule has 7 heteroatoms. The second-order valence-electron chi connectivity index (χ2n) is 9.96. The molecule has 2 aromatic carbocycles. The van der Waals surface area contributed by atoms with Crippen LogP contribution in [0.15, 0.2) is 70.5 Å². The topological polar surface area (TPSA) is 32.7 Å². The third-order valence-corrected chi connectivity index (χ3v) is 8.09. The number of aromatic hydroxyl groups is 1. The quantitative estimate of drug-likeness (QED) is 0.362. The molecule has 0 aromatic heterocycles. The predicted molar refractivity (Wildman–Crippen MR) is 146 cm³/mol. The number of ether oxygens (including phenoxy) is 1. The van der Waals surface area contributed by atoms with Crippen LogP contribution in [0.3, 0.4) is 0 Å². The molecule has 2 aromatic rings. The maximum atomic E-state index is 14.6. The molecule has 3 aliphatic rings. The smallest absolute Gasteiger partial charge is 0.119 e. The van der Waals surface area contributed by atoms with Crippen molar-refractivity contribution < 1.29 is 18.6 Å². The number of halogens is 4. The van der Waals surface area contributed by atoms with E-state index >= 15 is 0 Å². The van der Waals surface area contributed by atoms with Crippen molar-refractivity contribution in [2.24, 2.45) is 0 Å². The summed E-state index contributed by atoms with van der Waals surface area (Å²) in [6.45, 7) is 2.20. The third-order valence-electron chi connectivity index (χ3n) is 7.37. The first-order chi connectivity index (χ1) is 17.9. The Kier molecular flexibility index (Phi) is 8.23. The first-order valence-corrected chi connectivity index (χ1v) is 13.8. The van der Waals surface area contributed by atoms with Gasteiger partial charge in [-0.05, 0) is 95.9 Å². The summed E-state index contributed by atoms with van der Waals surface area (Å²) in [6, 6.07) is 13.4. The van der Waals surface area contributed by atoms with Crippen LogP contribution in [0.25, 0.3) is 5.57 Å². The third kappa shape index (κ3) is 5.89. The van der Waals surface area contributed by atoms with Crippen LogP contribution in [0.1, 0.15) is 48.8 Å². The fourth-order valence-electron chi connectivity index (χ4n) is 5.57. The molecule has 2 atom stereocenters.